The largest absolute Gasteiger partial charge is 0.481 e. The summed E-state index contributed by atoms with van der Waals surface area (Å²) in [4.78, 5) is 23.9. The third kappa shape index (κ3) is 4.18. The molecule has 3 N–H and O–H groups in total. The van der Waals surface area contributed by atoms with E-state index < -0.39 is 12.1 Å². The highest BCUT2D eigenvalue weighted by molar-refractivity contribution is 5.74. The maximum atomic E-state index is 11.7. The molecule has 1 saturated carbocycles. The SMILES string of the molecule is CC(O)CN(C)C(=O)NCC1(CC(=O)O)CCC1. The predicted molar refractivity (Wildman–Crippen MR) is 66.2 cm³/mol. The second-order valence-electron chi connectivity index (χ2n) is 5.31. The molecule has 0 bridgehead atoms. The smallest absolute Gasteiger partial charge is 0.317 e. The van der Waals surface area contributed by atoms with Crippen LogP contribution in [0.5, 0.6) is 0 Å². The van der Waals surface area contributed by atoms with E-state index in [1.807, 2.05) is 0 Å². The van der Waals surface area contributed by atoms with Crippen molar-refractivity contribution in [1.82, 2.24) is 10.2 Å². The van der Waals surface area contributed by atoms with Gasteiger partial charge in [0.15, 0.2) is 0 Å². The number of likely N-dealkylation sites (N-methyl/N-ethyl adjacent to an activating group) is 1. The van der Waals surface area contributed by atoms with Gasteiger partial charge in [0.1, 0.15) is 0 Å². The quantitative estimate of drug-likeness (QED) is 0.652. The molecule has 0 heterocycles. The molecule has 18 heavy (non-hydrogen) atoms. The van der Waals surface area contributed by atoms with Gasteiger partial charge in [0, 0.05) is 20.1 Å². The fraction of sp³-hybridized carbons (Fsp3) is 0.833. The number of nitrogens with one attached hydrogen (secondary N) is 1. The molecule has 1 rings (SSSR count). The molecule has 1 fully saturated rings. The summed E-state index contributed by atoms with van der Waals surface area (Å²) in [6.45, 7) is 2.27. The number of carboxylic acid groups (broad SMARTS) is 1. The molecule has 0 aromatic rings. The van der Waals surface area contributed by atoms with Crippen LogP contribution < -0.4 is 5.32 Å². The molecule has 104 valence electrons. The number of carbonyl (C=O) groups excluding carboxylic acids is 1. The van der Waals surface area contributed by atoms with Crippen molar-refractivity contribution < 1.29 is 19.8 Å². The molecule has 6 heteroatoms. The lowest BCUT2D eigenvalue weighted by Gasteiger charge is -2.41. The number of hydrogen-bond acceptors (Lipinski definition) is 3. The minimum absolute atomic E-state index is 0.105. The summed E-state index contributed by atoms with van der Waals surface area (Å²) in [7, 11) is 1.60. The molecule has 0 spiro atoms. The molecule has 1 atom stereocenters. The van der Waals surface area contributed by atoms with Gasteiger partial charge in [-0.2, -0.15) is 0 Å². The normalized spacial score (nSPS) is 18.6. The Kier molecular flexibility index (Phi) is 4.95. The summed E-state index contributed by atoms with van der Waals surface area (Å²) in [6.07, 6.45) is 2.25. The summed E-state index contributed by atoms with van der Waals surface area (Å²) in [5.74, 6) is -0.818. The number of urea groups is 1. The van der Waals surface area contributed by atoms with Gasteiger partial charge in [0.05, 0.1) is 12.5 Å². The first kappa shape index (κ1) is 14.8. The first-order chi connectivity index (χ1) is 8.34. The zero-order valence-electron chi connectivity index (χ0n) is 11.0. The van der Waals surface area contributed by atoms with Gasteiger partial charge >= 0.3 is 12.0 Å². The van der Waals surface area contributed by atoms with Crippen LogP contribution >= 0.6 is 0 Å². The van der Waals surface area contributed by atoms with E-state index in [4.69, 9.17) is 5.11 Å². The average Bonchev–Trinajstić information content (AvgIpc) is 2.19. The molecule has 0 aromatic carbocycles. The number of aliphatic carboxylic acids is 1. The number of carboxylic acids is 1. The molecule has 6 nitrogen and oxygen atoms in total. The van der Waals surface area contributed by atoms with Gasteiger partial charge in [0.2, 0.25) is 0 Å². The standard InChI is InChI=1S/C12H22N2O4/c1-9(15)7-14(2)11(18)13-8-12(4-3-5-12)6-10(16)17/h9,15H,3-8H2,1-2H3,(H,13,18)(H,16,17). The predicted octanol–water partition coefficient (Wildman–Crippen LogP) is 0.654. The van der Waals surface area contributed by atoms with Crippen LogP contribution in [0.4, 0.5) is 4.79 Å². The highest BCUT2D eigenvalue weighted by atomic mass is 16.4. The van der Waals surface area contributed by atoms with Crippen LogP contribution in [-0.4, -0.2) is 53.4 Å². The summed E-state index contributed by atoms with van der Waals surface area (Å²) >= 11 is 0. The Balaban J connectivity index is 2.38. The van der Waals surface area contributed by atoms with Gasteiger partial charge in [-0.1, -0.05) is 6.42 Å². The topological polar surface area (TPSA) is 89.9 Å². The maximum absolute atomic E-state index is 11.7. The van der Waals surface area contributed by atoms with E-state index >= 15 is 0 Å². The molecule has 2 amide bonds. The first-order valence-corrected chi connectivity index (χ1v) is 6.23. The van der Waals surface area contributed by atoms with Gasteiger partial charge in [0.25, 0.3) is 0 Å². The summed E-state index contributed by atoms with van der Waals surface area (Å²) in [5.41, 5.74) is -0.271. The lowest BCUT2D eigenvalue weighted by Crippen LogP contribution is -2.48. The van der Waals surface area contributed by atoms with E-state index in [1.165, 1.54) is 4.90 Å². The van der Waals surface area contributed by atoms with Crippen molar-refractivity contribution >= 4 is 12.0 Å². The van der Waals surface area contributed by atoms with E-state index in [1.54, 1.807) is 14.0 Å². The Bertz CT molecular complexity index is 313. The maximum Gasteiger partial charge on any atom is 0.317 e. The Morgan fingerprint density at radius 3 is 2.44 bits per heavy atom. The fourth-order valence-corrected chi connectivity index (χ4v) is 2.29. The first-order valence-electron chi connectivity index (χ1n) is 6.23. The van der Waals surface area contributed by atoms with Crippen molar-refractivity contribution in [2.24, 2.45) is 5.41 Å². The van der Waals surface area contributed by atoms with Crippen LogP contribution in [0, 0.1) is 5.41 Å². The number of carbonyl (C=O) groups is 2. The molecule has 0 saturated heterocycles. The summed E-state index contributed by atoms with van der Waals surface area (Å²) in [6, 6.07) is -0.271. The van der Waals surface area contributed by atoms with Crippen molar-refractivity contribution in [2.45, 2.75) is 38.7 Å². The number of rotatable bonds is 6. The van der Waals surface area contributed by atoms with Crippen molar-refractivity contribution in [1.29, 1.82) is 0 Å². The highest BCUT2D eigenvalue weighted by Gasteiger charge is 2.39. The fourth-order valence-electron chi connectivity index (χ4n) is 2.29. The van der Waals surface area contributed by atoms with E-state index in [0.717, 1.165) is 19.3 Å². The van der Waals surface area contributed by atoms with Gasteiger partial charge in [-0.25, -0.2) is 4.79 Å². The summed E-state index contributed by atoms with van der Waals surface area (Å²) < 4.78 is 0. The molecular formula is C12H22N2O4. The lowest BCUT2D eigenvalue weighted by molar-refractivity contribution is -0.141. The van der Waals surface area contributed by atoms with Crippen molar-refractivity contribution in [3.63, 3.8) is 0 Å². The van der Waals surface area contributed by atoms with Crippen molar-refractivity contribution in [3.8, 4) is 0 Å². The minimum atomic E-state index is -0.818. The Labute approximate surface area is 107 Å². The highest BCUT2D eigenvalue weighted by Crippen LogP contribution is 2.43. The van der Waals surface area contributed by atoms with Crippen LogP contribution in [0.25, 0.3) is 0 Å². The van der Waals surface area contributed by atoms with Crippen LogP contribution in [0.3, 0.4) is 0 Å². The zero-order valence-corrected chi connectivity index (χ0v) is 11.0. The number of amides is 2. The number of nitrogens with zero attached hydrogens (tertiary/aromatic N) is 1. The van der Waals surface area contributed by atoms with Gasteiger partial charge in [-0.3, -0.25) is 4.79 Å². The van der Waals surface area contributed by atoms with Gasteiger partial charge < -0.3 is 20.4 Å². The lowest BCUT2D eigenvalue weighted by atomic mass is 9.66. The minimum Gasteiger partial charge on any atom is -0.481 e. The zero-order chi connectivity index (χ0) is 13.8. The summed E-state index contributed by atoms with van der Waals surface area (Å²) in [5, 5.41) is 20.8. The van der Waals surface area contributed by atoms with Gasteiger partial charge in [-0.05, 0) is 25.2 Å². The van der Waals surface area contributed by atoms with E-state index in [-0.39, 0.29) is 24.4 Å². The van der Waals surface area contributed by atoms with E-state index in [2.05, 4.69) is 5.32 Å². The molecule has 0 radical (unpaired) electrons. The second-order valence-corrected chi connectivity index (χ2v) is 5.31. The van der Waals surface area contributed by atoms with Crippen LogP contribution in [0.15, 0.2) is 0 Å². The van der Waals surface area contributed by atoms with Crippen molar-refractivity contribution in [3.05, 3.63) is 0 Å². The van der Waals surface area contributed by atoms with Crippen LogP contribution in [-0.2, 0) is 4.79 Å². The third-order valence-electron chi connectivity index (χ3n) is 3.44. The Morgan fingerprint density at radius 1 is 1.44 bits per heavy atom. The van der Waals surface area contributed by atoms with E-state index in [9.17, 15) is 14.7 Å². The average molecular weight is 258 g/mol. The molecule has 0 aromatic heterocycles. The van der Waals surface area contributed by atoms with Crippen LogP contribution in [0.1, 0.15) is 32.6 Å². The van der Waals surface area contributed by atoms with E-state index in [0.29, 0.717) is 6.54 Å². The number of aliphatic hydroxyl groups excluding tert-OH is 1. The molecule has 1 unspecified atom stereocenters. The Hall–Kier alpha value is -1.30. The van der Waals surface area contributed by atoms with Gasteiger partial charge in [-0.15, -0.1) is 0 Å². The number of aliphatic hydroxyl groups is 1. The molecule has 0 aliphatic heterocycles. The molecule has 1 aliphatic rings. The monoisotopic (exact) mass is 258 g/mol. The van der Waals surface area contributed by atoms with Crippen LogP contribution in [0.2, 0.25) is 0 Å². The second kappa shape index (κ2) is 6.04. The number of hydrogen-bond donors (Lipinski definition) is 3. The Morgan fingerprint density at radius 2 is 2.06 bits per heavy atom. The van der Waals surface area contributed by atoms with Crippen molar-refractivity contribution in [2.75, 3.05) is 20.1 Å². The third-order valence-corrected chi connectivity index (χ3v) is 3.44. The molecular weight excluding hydrogens is 236 g/mol. The molecule has 1 aliphatic carbocycles.